The zero-order chi connectivity index (χ0) is 18.0. The van der Waals surface area contributed by atoms with Crippen LogP contribution in [0.25, 0.3) is 0 Å². The normalized spacial score (nSPS) is 17.9. The van der Waals surface area contributed by atoms with E-state index in [-0.39, 0.29) is 24.4 Å². The molecule has 1 aromatic rings. The first kappa shape index (κ1) is 22.5. The summed E-state index contributed by atoms with van der Waals surface area (Å²) in [4.78, 5) is 1.81. The fourth-order valence-electron chi connectivity index (χ4n) is 2.80. The van der Waals surface area contributed by atoms with E-state index in [1.807, 2.05) is 4.90 Å². The molecule has 10 heteroatoms. The third-order valence-corrected chi connectivity index (χ3v) is 4.70. The van der Waals surface area contributed by atoms with Gasteiger partial charge < -0.3 is 5.32 Å². The molecule has 0 radical (unpaired) electrons. The predicted octanol–water partition coefficient (Wildman–Crippen LogP) is 5.18. The summed E-state index contributed by atoms with van der Waals surface area (Å²) >= 11 is 3.19. The van der Waals surface area contributed by atoms with Crippen molar-refractivity contribution < 1.29 is 26.3 Å². The first-order chi connectivity index (χ1) is 11.1. The van der Waals surface area contributed by atoms with E-state index >= 15 is 0 Å². The number of hydrogen-bond donors (Lipinski definition) is 1. The van der Waals surface area contributed by atoms with Gasteiger partial charge in [-0.15, -0.1) is 12.4 Å². The van der Waals surface area contributed by atoms with Gasteiger partial charge in [-0.3, -0.25) is 4.90 Å². The highest BCUT2D eigenvalue weighted by molar-refractivity contribution is 9.10. The number of hydrogen-bond acceptors (Lipinski definition) is 2. The molecule has 1 atom stereocenters. The molecule has 144 valence electrons. The molecule has 1 N–H and O–H groups in total. The fourth-order valence-corrected chi connectivity index (χ4v) is 3.32. The van der Waals surface area contributed by atoms with Crippen LogP contribution in [0, 0.1) is 0 Å². The summed E-state index contributed by atoms with van der Waals surface area (Å²) in [7, 11) is 0. The molecule has 0 aromatic heterocycles. The van der Waals surface area contributed by atoms with Crippen LogP contribution >= 0.6 is 28.3 Å². The Labute approximate surface area is 156 Å². The molecule has 0 amide bonds. The zero-order valence-electron chi connectivity index (χ0n) is 13.1. The van der Waals surface area contributed by atoms with Gasteiger partial charge in [0, 0.05) is 43.1 Å². The summed E-state index contributed by atoms with van der Waals surface area (Å²) in [6.07, 6.45) is -10.2. The van der Waals surface area contributed by atoms with Crippen LogP contribution in [-0.4, -0.2) is 37.3 Å². The Hall–Kier alpha value is -0.510. The number of benzene rings is 1. The maximum Gasteiger partial charge on any atom is 0.416 e. The summed E-state index contributed by atoms with van der Waals surface area (Å²) in [5, 5.41) is 3.09. The SMILES string of the molecule is Cl.FC(F)(F)CC[C@H](c1cc(C(F)(F)F)ccc1Br)N1CCNCC1. The van der Waals surface area contributed by atoms with E-state index < -0.39 is 30.4 Å². The minimum absolute atomic E-state index is 0. The van der Waals surface area contributed by atoms with Crippen molar-refractivity contribution in [3.05, 3.63) is 33.8 Å². The first-order valence-corrected chi connectivity index (χ1v) is 8.25. The highest BCUT2D eigenvalue weighted by Crippen LogP contribution is 2.38. The lowest BCUT2D eigenvalue weighted by molar-refractivity contribution is -0.140. The highest BCUT2D eigenvalue weighted by atomic mass is 79.9. The van der Waals surface area contributed by atoms with Gasteiger partial charge in [0.15, 0.2) is 0 Å². The standard InChI is InChI=1S/C15H17BrF6N2.ClH/c16-12-2-1-10(15(20,21)22)9-11(12)13(3-4-14(17,18)19)24-7-5-23-6-8-24;/h1-2,9,13,23H,3-8H2;1H/t13-;/m1./s1. The maximum absolute atomic E-state index is 13.0. The Morgan fingerprint density at radius 2 is 1.68 bits per heavy atom. The number of rotatable bonds is 4. The van der Waals surface area contributed by atoms with E-state index in [0.29, 0.717) is 30.7 Å². The Morgan fingerprint density at radius 1 is 1.08 bits per heavy atom. The molecule has 0 bridgehead atoms. The van der Waals surface area contributed by atoms with Crippen LogP contribution in [0.4, 0.5) is 26.3 Å². The number of piperazine rings is 1. The second-order valence-corrected chi connectivity index (χ2v) is 6.54. The largest absolute Gasteiger partial charge is 0.416 e. The highest BCUT2D eigenvalue weighted by Gasteiger charge is 2.35. The van der Waals surface area contributed by atoms with Gasteiger partial charge in [0.2, 0.25) is 0 Å². The average Bonchev–Trinajstić information content (AvgIpc) is 2.48. The van der Waals surface area contributed by atoms with Crippen molar-refractivity contribution >= 4 is 28.3 Å². The van der Waals surface area contributed by atoms with Gasteiger partial charge in [0.05, 0.1) is 5.56 Å². The van der Waals surface area contributed by atoms with Crippen molar-refractivity contribution in [2.24, 2.45) is 0 Å². The molecule has 2 rings (SSSR count). The van der Waals surface area contributed by atoms with Crippen molar-refractivity contribution in [3.63, 3.8) is 0 Å². The molecule has 2 nitrogen and oxygen atoms in total. The fraction of sp³-hybridized carbons (Fsp3) is 0.600. The van der Waals surface area contributed by atoms with Gasteiger partial charge in [0.25, 0.3) is 0 Å². The van der Waals surface area contributed by atoms with Gasteiger partial charge in [0.1, 0.15) is 0 Å². The molecule has 1 fully saturated rings. The molecular weight excluding hydrogens is 438 g/mol. The van der Waals surface area contributed by atoms with Crippen molar-refractivity contribution in [3.8, 4) is 0 Å². The summed E-state index contributed by atoms with van der Waals surface area (Å²) in [5.41, 5.74) is -0.608. The third-order valence-electron chi connectivity index (χ3n) is 3.98. The summed E-state index contributed by atoms with van der Waals surface area (Å²) in [6, 6.07) is 2.41. The molecule has 1 saturated heterocycles. The molecule has 1 heterocycles. The second kappa shape index (κ2) is 8.92. The minimum Gasteiger partial charge on any atom is -0.314 e. The number of alkyl halides is 6. The van der Waals surface area contributed by atoms with Crippen LogP contribution in [0.15, 0.2) is 22.7 Å². The Balaban J connectivity index is 0.00000312. The molecule has 0 spiro atoms. The quantitative estimate of drug-likeness (QED) is 0.630. The van der Waals surface area contributed by atoms with Gasteiger partial charge in [-0.05, 0) is 30.2 Å². The molecule has 0 unspecified atom stereocenters. The summed E-state index contributed by atoms with van der Waals surface area (Å²) in [5.74, 6) is 0. The predicted molar refractivity (Wildman–Crippen MR) is 88.9 cm³/mol. The lowest BCUT2D eigenvalue weighted by Crippen LogP contribution is -2.45. The van der Waals surface area contributed by atoms with Gasteiger partial charge >= 0.3 is 12.4 Å². The average molecular weight is 456 g/mol. The van der Waals surface area contributed by atoms with E-state index in [1.54, 1.807) is 0 Å². The van der Waals surface area contributed by atoms with Crippen LogP contribution in [0.2, 0.25) is 0 Å². The molecule has 1 aliphatic heterocycles. The third kappa shape index (κ3) is 6.62. The summed E-state index contributed by atoms with van der Waals surface area (Å²) in [6.45, 7) is 2.18. The Morgan fingerprint density at radius 3 is 2.20 bits per heavy atom. The van der Waals surface area contributed by atoms with Crippen LogP contribution in [0.3, 0.4) is 0 Å². The molecular formula is C15H18BrClF6N2. The molecule has 0 aliphatic carbocycles. The van der Waals surface area contributed by atoms with Crippen LogP contribution in [0.1, 0.15) is 30.0 Å². The smallest absolute Gasteiger partial charge is 0.314 e. The Kier molecular flexibility index (Phi) is 8.04. The Bertz CT molecular complexity index is 558. The first-order valence-electron chi connectivity index (χ1n) is 7.46. The van der Waals surface area contributed by atoms with Gasteiger partial charge in [-0.1, -0.05) is 15.9 Å². The van der Waals surface area contributed by atoms with Crippen LogP contribution in [-0.2, 0) is 6.18 Å². The van der Waals surface area contributed by atoms with Crippen molar-refractivity contribution in [2.45, 2.75) is 31.2 Å². The maximum atomic E-state index is 13.0. The van der Waals surface area contributed by atoms with E-state index in [9.17, 15) is 26.3 Å². The van der Waals surface area contributed by atoms with Crippen molar-refractivity contribution in [2.75, 3.05) is 26.2 Å². The summed E-state index contributed by atoms with van der Waals surface area (Å²) < 4.78 is 77.2. The van der Waals surface area contributed by atoms with E-state index in [4.69, 9.17) is 0 Å². The number of nitrogens with zero attached hydrogens (tertiary/aromatic N) is 1. The van der Waals surface area contributed by atoms with Crippen LogP contribution < -0.4 is 5.32 Å². The minimum atomic E-state index is -4.53. The van der Waals surface area contributed by atoms with Gasteiger partial charge in [-0.25, -0.2) is 0 Å². The molecule has 25 heavy (non-hydrogen) atoms. The van der Waals surface area contributed by atoms with E-state index in [2.05, 4.69) is 21.2 Å². The molecule has 0 saturated carbocycles. The van der Waals surface area contributed by atoms with E-state index in [0.717, 1.165) is 12.1 Å². The molecule has 1 aromatic carbocycles. The monoisotopic (exact) mass is 454 g/mol. The lowest BCUT2D eigenvalue weighted by Gasteiger charge is -2.36. The zero-order valence-corrected chi connectivity index (χ0v) is 15.5. The number of nitrogens with one attached hydrogen (secondary N) is 1. The number of halogens is 8. The molecule has 1 aliphatic rings. The van der Waals surface area contributed by atoms with Crippen molar-refractivity contribution in [1.29, 1.82) is 0 Å². The van der Waals surface area contributed by atoms with Crippen LogP contribution in [0.5, 0.6) is 0 Å². The van der Waals surface area contributed by atoms with Gasteiger partial charge in [-0.2, -0.15) is 26.3 Å². The second-order valence-electron chi connectivity index (χ2n) is 5.69. The lowest BCUT2D eigenvalue weighted by atomic mass is 9.97. The topological polar surface area (TPSA) is 15.3 Å². The van der Waals surface area contributed by atoms with Crippen molar-refractivity contribution in [1.82, 2.24) is 10.2 Å². The van der Waals surface area contributed by atoms with E-state index in [1.165, 1.54) is 6.07 Å².